The van der Waals surface area contributed by atoms with Gasteiger partial charge in [-0.25, -0.2) is 0 Å². The molecule has 0 unspecified atom stereocenters. The van der Waals surface area contributed by atoms with Gasteiger partial charge in [-0.2, -0.15) is 0 Å². The standard InChI is InChI=1S/C15H13N3O6/c1-2-24-12-5-3-4-10(8-12)16-15(19)13-7-6-11(17(20)21)9-14(13)18(22)23/h3-9H,2H2,1H3,(H,16,19). The Morgan fingerprint density at radius 3 is 2.50 bits per heavy atom. The quantitative estimate of drug-likeness (QED) is 0.640. The molecule has 9 heteroatoms. The van der Waals surface area contributed by atoms with Gasteiger partial charge in [0.25, 0.3) is 17.3 Å². The zero-order chi connectivity index (χ0) is 17.7. The first-order valence-corrected chi connectivity index (χ1v) is 6.89. The Labute approximate surface area is 136 Å². The summed E-state index contributed by atoms with van der Waals surface area (Å²) in [6.45, 7) is 2.26. The monoisotopic (exact) mass is 331 g/mol. The van der Waals surface area contributed by atoms with Gasteiger partial charge in [0.1, 0.15) is 11.3 Å². The zero-order valence-corrected chi connectivity index (χ0v) is 12.6. The summed E-state index contributed by atoms with van der Waals surface area (Å²) < 4.78 is 5.30. The van der Waals surface area contributed by atoms with E-state index in [9.17, 15) is 25.0 Å². The van der Waals surface area contributed by atoms with E-state index in [1.165, 1.54) is 0 Å². The number of non-ortho nitro benzene ring substituents is 1. The summed E-state index contributed by atoms with van der Waals surface area (Å²) in [6, 6.07) is 9.37. The highest BCUT2D eigenvalue weighted by Gasteiger charge is 2.24. The van der Waals surface area contributed by atoms with E-state index in [2.05, 4.69) is 5.32 Å². The summed E-state index contributed by atoms with van der Waals surface area (Å²) in [7, 11) is 0. The molecule has 0 atom stereocenters. The maximum atomic E-state index is 12.3. The van der Waals surface area contributed by atoms with Crippen LogP contribution in [0.5, 0.6) is 5.75 Å². The number of nitrogens with one attached hydrogen (secondary N) is 1. The van der Waals surface area contributed by atoms with Crippen LogP contribution >= 0.6 is 0 Å². The average Bonchev–Trinajstić information content (AvgIpc) is 2.54. The van der Waals surface area contributed by atoms with Gasteiger partial charge in [0, 0.05) is 17.8 Å². The van der Waals surface area contributed by atoms with Crippen molar-refractivity contribution in [2.24, 2.45) is 0 Å². The molecule has 2 rings (SSSR count). The number of nitrogens with zero attached hydrogens (tertiary/aromatic N) is 2. The predicted octanol–water partition coefficient (Wildman–Crippen LogP) is 3.15. The zero-order valence-electron chi connectivity index (χ0n) is 12.6. The third-order valence-electron chi connectivity index (χ3n) is 3.04. The molecular formula is C15H13N3O6. The highest BCUT2D eigenvalue weighted by Crippen LogP contribution is 2.26. The third-order valence-corrected chi connectivity index (χ3v) is 3.04. The normalized spacial score (nSPS) is 10.0. The smallest absolute Gasteiger partial charge is 0.289 e. The Kier molecular flexibility index (Phi) is 5.05. The summed E-state index contributed by atoms with van der Waals surface area (Å²) >= 11 is 0. The first-order valence-electron chi connectivity index (χ1n) is 6.89. The van der Waals surface area contributed by atoms with Crippen molar-refractivity contribution in [2.75, 3.05) is 11.9 Å². The van der Waals surface area contributed by atoms with Gasteiger partial charge in [0.2, 0.25) is 0 Å². The highest BCUT2D eigenvalue weighted by atomic mass is 16.6. The van der Waals surface area contributed by atoms with Gasteiger partial charge in [0.05, 0.1) is 22.5 Å². The maximum Gasteiger partial charge on any atom is 0.289 e. The number of nitro groups is 2. The van der Waals surface area contributed by atoms with E-state index < -0.39 is 27.1 Å². The summed E-state index contributed by atoms with van der Waals surface area (Å²) in [5.41, 5.74) is -0.981. The molecule has 0 aliphatic carbocycles. The van der Waals surface area contributed by atoms with Crippen molar-refractivity contribution in [3.05, 3.63) is 68.3 Å². The van der Waals surface area contributed by atoms with Crippen molar-refractivity contribution in [1.29, 1.82) is 0 Å². The summed E-state index contributed by atoms with van der Waals surface area (Å²) in [5, 5.41) is 24.3. The Hall–Kier alpha value is -3.49. The number of amides is 1. The number of carbonyl (C=O) groups is 1. The Balaban J connectivity index is 2.31. The maximum absolute atomic E-state index is 12.3. The molecule has 0 saturated heterocycles. The Morgan fingerprint density at radius 1 is 1.12 bits per heavy atom. The first-order chi connectivity index (χ1) is 11.4. The van der Waals surface area contributed by atoms with E-state index >= 15 is 0 Å². The number of ether oxygens (including phenoxy) is 1. The molecule has 0 fully saturated rings. The van der Waals surface area contributed by atoms with Crippen molar-refractivity contribution in [1.82, 2.24) is 0 Å². The molecule has 0 bridgehead atoms. The molecule has 1 N–H and O–H groups in total. The van der Waals surface area contributed by atoms with E-state index in [-0.39, 0.29) is 5.56 Å². The number of hydrogen-bond acceptors (Lipinski definition) is 6. The van der Waals surface area contributed by atoms with Crippen LogP contribution in [0.4, 0.5) is 17.1 Å². The molecule has 0 aromatic heterocycles. The van der Waals surface area contributed by atoms with Crippen LogP contribution in [-0.2, 0) is 0 Å². The van der Waals surface area contributed by atoms with Crippen LogP contribution in [0.25, 0.3) is 0 Å². The summed E-state index contributed by atoms with van der Waals surface area (Å²) in [5.74, 6) is -0.209. The van der Waals surface area contributed by atoms with Crippen LogP contribution in [0.2, 0.25) is 0 Å². The summed E-state index contributed by atoms with van der Waals surface area (Å²) in [4.78, 5) is 32.5. The minimum atomic E-state index is -0.835. The van der Waals surface area contributed by atoms with E-state index in [0.717, 1.165) is 18.2 Å². The predicted molar refractivity (Wildman–Crippen MR) is 85.3 cm³/mol. The molecule has 9 nitrogen and oxygen atoms in total. The molecule has 24 heavy (non-hydrogen) atoms. The molecule has 0 heterocycles. The number of benzene rings is 2. The minimum absolute atomic E-state index is 0.271. The summed E-state index contributed by atoms with van der Waals surface area (Å²) in [6.07, 6.45) is 0. The molecule has 124 valence electrons. The van der Waals surface area contributed by atoms with Crippen LogP contribution in [0.1, 0.15) is 17.3 Å². The fourth-order valence-corrected chi connectivity index (χ4v) is 2.01. The number of hydrogen-bond donors (Lipinski definition) is 1. The van der Waals surface area contributed by atoms with Gasteiger partial charge in [0.15, 0.2) is 0 Å². The lowest BCUT2D eigenvalue weighted by Gasteiger charge is -2.08. The van der Waals surface area contributed by atoms with Gasteiger partial charge in [-0.15, -0.1) is 0 Å². The van der Waals surface area contributed by atoms with Gasteiger partial charge in [-0.3, -0.25) is 25.0 Å². The van der Waals surface area contributed by atoms with E-state index in [0.29, 0.717) is 18.0 Å². The number of rotatable bonds is 6. The van der Waals surface area contributed by atoms with Crippen molar-refractivity contribution in [3.8, 4) is 5.75 Å². The van der Waals surface area contributed by atoms with Gasteiger partial charge >= 0.3 is 0 Å². The van der Waals surface area contributed by atoms with Crippen LogP contribution in [0.15, 0.2) is 42.5 Å². The first kappa shape index (κ1) is 16.9. The number of anilines is 1. The largest absolute Gasteiger partial charge is 0.494 e. The average molecular weight is 331 g/mol. The number of nitro benzene ring substituents is 2. The lowest BCUT2D eigenvalue weighted by Crippen LogP contribution is -2.14. The minimum Gasteiger partial charge on any atom is -0.494 e. The molecular weight excluding hydrogens is 318 g/mol. The molecule has 0 saturated carbocycles. The Morgan fingerprint density at radius 2 is 1.88 bits per heavy atom. The van der Waals surface area contributed by atoms with Crippen molar-refractivity contribution in [3.63, 3.8) is 0 Å². The molecule has 0 spiro atoms. The number of carbonyl (C=O) groups excluding carboxylic acids is 1. The topological polar surface area (TPSA) is 125 Å². The fourth-order valence-electron chi connectivity index (χ4n) is 2.01. The SMILES string of the molecule is CCOc1cccc(NC(=O)c2ccc([N+](=O)[O-])cc2[N+](=O)[O-])c1. The van der Waals surface area contributed by atoms with E-state index in [1.54, 1.807) is 24.3 Å². The molecule has 0 aliphatic heterocycles. The lowest BCUT2D eigenvalue weighted by molar-refractivity contribution is -0.394. The lowest BCUT2D eigenvalue weighted by atomic mass is 10.1. The van der Waals surface area contributed by atoms with Crippen molar-refractivity contribution < 1.29 is 19.4 Å². The van der Waals surface area contributed by atoms with E-state index in [4.69, 9.17) is 4.74 Å². The highest BCUT2D eigenvalue weighted by molar-refractivity contribution is 6.07. The van der Waals surface area contributed by atoms with Crippen molar-refractivity contribution >= 4 is 23.0 Å². The van der Waals surface area contributed by atoms with Crippen molar-refractivity contribution in [2.45, 2.75) is 6.92 Å². The van der Waals surface area contributed by atoms with Crippen LogP contribution in [0, 0.1) is 20.2 Å². The second kappa shape index (κ2) is 7.18. The van der Waals surface area contributed by atoms with Gasteiger partial charge in [-0.05, 0) is 25.1 Å². The van der Waals surface area contributed by atoms with Crippen LogP contribution in [0.3, 0.4) is 0 Å². The molecule has 2 aromatic carbocycles. The van der Waals surface area contributed by atoms with Gasteiger partial charge < -0.3 is 10.1 Å². The third kappa shape index (κ3) is 3.83. The molecule has 0 radical (unpaired) electrons. The second-order valence-corrected chi connectivity index (χ2v) is 4.63. The van der Waals surface area contributed by atoms with Crippen LogP contribution < -0.4 is 10.1 Å². The molecule has 2 aromatic rings. The Bertz CT molecular complexity index is 806. The molecule has 1 amide bonds. The molecule has 0 aliphatic rings. The van der Waals surface area contributed by atoms with E-state index in [1.807, 2.05) is 6.92 Å². The fraction of sp³-hybridized carbons (Fsp3) is 0.133. The van der Waals surface area contributed by atoms with Gasteiger partial charge in [-0.1, -0.05) is 6.07 Å². The second-order valence-electron chi connectivity index (χ2n) is 4.63. The van der Waals surface area contributed by atoms with Crippen LogP contribution in [-0.4, -0.2) is 22.4 Å².